The molecule has 204 valence electrons. The molecule has 0 aliphatic carbocycles. The highest BCUT2D eigenvalue weighted by Gasteiger charge is 2.27. The molecule has 10 heteroatoms. The largest absolute Gasteiger partial charge is 0.490 e. The molecule has 3 aromatic rings. The fourth-order valence-electron chi connectivity index (χ4n) is 4.34. The van der Waals surface area contributed by atoms with E-state index in [0.29, 0.717) is 30.2 Å². The van der Waals surface area contributed by atoms with Crippen LogP contribution in [-0.2, 0) is 14.4 Å². The van der Waals surface area contributed by atoms with E-state index in [2.05, 4.69) is 4.99 Å². The van der Waals surface area contributed by atoms with Crippen molar-refractivity contribution in [3.8, 4) is 5.75 Å². The third-order valence-corrected chi connectivity index (χ3v) is 6.41. The summed E-state index contributed by atoms with van der Waals surface area (Å²) in [5, 5.41) is 9.21. The third-order valence-electron chi connectivity index (χ3n) is 6.41. The number of benzene rings is 3. The Morgan fingerprint density at radius 1 is 0.974 bits per heavy atom. The quantitative estimate of drug-likeness (QED) is 0.155. The van der Waals surface area contributed by atoms with Crippen molar-refractivity contribution in [3.05, 3.63) is 102 Å². The number of esters is 1. The average Bonchev–Trinajstić information content (AvgIpc) is 2.97. The molecule has 10 nitrogen and oxygen atoms in total. The second-order valence-corrected chi connectivity index (χ2v) is 9.14. The van der Waals surface area contributed by atoms with E-state index in [-0.39, 0.29) is 12.6 Å². The van der Waals surface area contributed by atoms with Crippen LogP contribution in [0, 0.1) is 0 Å². The lowest BCUT2D eigenvalue weighted by Gasteiger charge is -2.28. The zero-order chi connectivity index (χ0) is 27.6. The van der Waals surface area contributed by atoms with Crippen molar-refractivity contribution in [2.75, 3.05) is 19.7 Å². The Morgan fingerprint density at radius 2 is 1.59 bits per heavy atom. The number of carboxylic acid groups (broad SMARTS) is 1. The van der Waals surface area contributed by atoms with Crippen molar-refractivity contribution < 1.29 is 29.0 Å². The molecule has 0 radical (unpaired) electrons. The van der Waals surface area contributed by atoms with Gasteiger partial charge in [0.05, 0.1) is 6.04 Å². The maximum absolute atomic E-state index is 13.0. The van der Waals surface area contributed by atoms with Gasteiger partial charge in [-0.15, -0.1) is 0 Å². The van der Waals surface area contributed by atoms with Crippen LogP contribution in [0.4, 0.5) is 4.79 Å². The molecule has 1 aliphatic rings. The average molecular weight is 533 g/mol. The van der Waals surface area contributed by atoms with Gasteiger partial charge in [0.1, 0.15) is 18.2 Å². The molecule has 0 saturated carbocycles. The highest BCUT2D eigenvalue weighted by Crippen LogP contribution is 2.26. The van der Waals surface area contributed by atoms with Crippen LogP contribution >= 0.6 is 0 Å². The summed E-state index contributed by atoms with van der Waals surface area (Å²) in [7, 11) is 0. The van der Waals surface area contributed by atoms with Crippen molar-refractivity contribution in [3.63, 3.8) is 0 Å². The summed E-state index contributed by atoms with van der Waals surface area (Å²) in [6, 6.07) is 25.5. The van der Waals surface area contributed by atoms with Gasteiger partial charge in [0.25, 0.3) is 0 Å². The molecule has 1 fully saturated rings. The van der Waals surface area contributed by atoms with Gasteiger partial charge in [0.2, 0.25) is 6.10 Å². The third kappa shape index (κ3) is 7.56. The highest BCUT2D eigenvalue weighted by molar-refractivity contribution is 5.97. The number of amidine groups is 1. The number of carbonyl (C=O) groups excluding carboxylic acids is 1. The number of nitrogens with zero attached hydrogens (tertiary/aromatic N) is 2. The Kier molecular flexibility index (Phi) is 9.49. The van der Waals surface area contributed by atoms with E-state index in [1.54, 1.807) is 24.3 Å². The van der Waals surface area contributed by atoms with E-state index in [1.807, 2.05) is 60.7 Å². The molecule has 0 aromatic heterocycles. The molecule has 0 spiro atoms. The standard InChI is InChI=1S/C29H32N4O6/c30-27(32-23-12-7-17-33(18-23)29(35)36)22-13-15-24(16-14-22)37-19-25(39-31)28(34)38-26(20-8-3-1-4-9-20)21-10-5-2-6-11-21/h1-6,8-11,13-16,23,25-26H,7,12,17-19,31H2,(H2,30,32)(H,35,36)/t23-,25+/m1/s1. The molecule has 1 aliphatic heterocycles. The minimum absolute atomic E-state index is 0.165. The Labute approximate surface area is 226 Å². The molecule has 0 bridgehead atoms. The van der Waals surface area contributed by atoms with E-state index in [0.717, 1.165) is 24.0 Å². The second-order valence-electron chi connectivity index (χ2n) is 9.14. The van der Waals surface area contributed by atoms with Crippen LogP contribution in [0.15, 0.2) is 89.9 Å². The molecular weight excluding hydrogens is 500 g/mol. The maximum Gasteiger partial charge on any atom is 0.407 e. The van der Waals surface area contributed by atoms with Gasteiger partial charge >= 0.3 is 12.1 Å². The van der Waals surface area contributed by atoms with Crippen molar-refractivity contribution >= 4 is 17.9 Å². The minimum Gasteiger partial charge on any atom is -0.490 e. The lowest BCUT2D eigenvalue weighted by molar-refractivity contribution is -0.163. The van der Waals surface area contributed by atoms with E-state index >= 15 is 0 Å². The first-order valence-electron chi connectivity index (χ1n) is 12.6. The summed E-state index contributed by atoms with van der Waals surface area (Å²) in [6.07, 6.45) is -1.22. The molecule has 0 unspecified atom stereocenters. The molecule has 1 heterocycles. The Morgan fingerprint density at radius 3 is 2.15 bits per heavy atom. The van der Waals surface area contributed by atoms with Crippen molar-refractivity contribution in [2.24, 2.45) is 16.6 Å². The first kappa shape index (κ1) is 27.6. The van der Waals surface area contributed by atoms with Crippen LogP contribution in [0.1, 0.15) is 35.6 Å². The zero-order valence-corrected chi connectivity index (χ0v) is 21.4. The molecular formula is C29H32N4O6. The lowest BCUT2D eigenvalue weighted by Crippen LogP contribution is -2.41. The topological polar surface area (TPSA) is 150 Å². The van der Waals surface area contributed by atoms with Crippen LogP contribution in [0.5, 0.6) is 5.75 Å². The maximum atomic E-state index is 13.0. The molecule has 2 atom stereocenters. The molecule has 39 heavy (non-hydrogen) atoms. The van der Waals surface area contributed by atoms with Crippen molar-refractivity contribution in [2.45, 2.75) is 31.1 Å². The summed E-state index contributed by atoms with van der Waals surface area (Å²) in [5.41, 5.74) is 8.47. The fourth-order valence-corrected chi connectivity index (χ4v) is 4.34. The number of aliphatic imine (C=N–C) groups is 1. The second kappa shape index (κ2) is 13.4. The molecule has 4 rings (SSSR count). The monoisotopic (exact) mass is 532 g/mol. The van der Waals surface area contributed by atoms with E-state index < -0.39 is 24.3 Å². The number of likely N-dealkylation sites (tertiary alicyclic amines) is 1. The van der Waals surface area contributed by atoms with E-state index in [1.165, 1.54) is 4.90 Å². The Balaban J connectivity index is 1.36. The van der Waals surface area contributed by atoms with Gasteiger partial charge in [0, 0.05) is 18.7 Å². The Bertz CT molecular complexity index is 1210. The van der Waals surface area contributed by atoms with Gasteiger partial charge in [0.15, 0.2) is 6.10 Å². The van der Waals surface area contributed by atoms with Gasteiger partial charge in [-0.25, -0.2) is 15.5 Å². The van der Waals surface area contributed by atoms with Crippen molar-refractivity contribution in [1.29, 1.82) is 0 Å². The summed E-state index contributed by atoms with van der Waals surface area (Å²) in [6.45, 7) is 0.665. The van der Waals surface area contributed by atoms with E-state index in [4.69, 9.17) is 25.9 Å². The summed E-state index contributed by atoms with van der Waals surface area (Å²) < 4.78 is 11.6. The van der Waals surface area contributed by atoms with E-state index in [9.17, 15) is 14.7 Å². The number of hydrogen-bond acceptors (Lipinski definition) is 7. The van der Waals surface area contributed by atoms with Crippen LogP contribution in [-0.4, -0.2) is 59.7 Å². The number of nitrogens with two attached hydrogens (primary N) is 2. The lowest BCUT2D eigenvalue weighted by atomic mass is 10.0. The molecule has 1 amide bonds. The van der Waals surface area contributed by atoms with Gasteiger partial charge in [-0.2, -0.15) is 0 Å². The predicted molar refractivity (Wildman–Crippen MR) is 145 cm³/mol. The van der Waals surface area contributed by atoms with Gasteiger partial charge in [-0.1, -0.05) is 60.7 Å². The van der Waals surface area contributed by atoms with Crippen LogP contribution in [0.2, 0.25) is 0 Å². The normalized spacial score (nSPS) is 16.5. The number of carbonyl (C=O) groups is 2. The summed E-state index contributed by atoms with van der Waals surface area (Å²) >= 11 is 0. The van der Waals surface area contributed by atoms with Crippen LogP contribution < -0.4 is 16.4 Å². The first-order valence-corrected chi connectivity index (χ1v) is 12.6. The number of amides is 1. The molecule has 5 N–H and O–H groups in total. The number of piperidine rings is 1. The first-order chi connectivity index (χ1) is 18.9. The number of ether oxygens (including phenoxy) is 2. The SMILES string of the molecule is NO[C@@H](COc1ccc(C(N)=N[C@@H]2CCCN(C(=O)O)C2)cc1)C(=O)OC(c1ccccc1)c1ccccc1. The smallest absolute Gasteiger partial charge is 0.407 e. The van der Waals surface area contributed by atoms with Crippen LogP contribution in [0.3, 0.4) is 0 Å². The highest BCUT2D eigenvalue weighted by atomic mass is 16.7. The van der Waals surface area contributed by atoms with Gasteiger partial charge in [-0.05, 0) is 48.2 Å². The minimum atomic E-state index is -1.16. The number of hydrogen-bond donors (Lipinski definition) is 3. The molecule has 3 aromatic carbocycles. The fraction of sp³-hybridized carbons (Fsp3) is 0.276. The van der Waals surface area contributed by atoms with Crippen LogP contribution in [0.25, 0.3) is 0 Å². The summed E-state index contributed by atoms with van der Waals surface area (Å²) in [5.74, 6) is 5.55. The zero-order valence-electron chi connectivity index (χ0n) is 21.4. The Hall–Kier alpha value is -4.41. The molecule has 1 saturated heterocycles. The van der Waals surface area contributed by atoms with Gasteiger partial charge < -0.3 is 25.2 Å². The predicted octanol–water partition coefficient (Wildman–Crippen LogP) is 3.50. The summed E-state index contributed by atoms with van der Waals surface area (Å²) in [4.78, 5) is 35.0. The van der Waals surface area contributed by atoms with Gasteiger partial charge in [-0.3, -0.25) is 9.83 Å². The van der Waals surface area contributed by atoms with Crippen molar-refractivity contribution in [1.82, 2.24) is 4.90 Å². The number of rotatable bonds is 10.